The number of rotatable bonds is 5. The van der Waals surface area contributed by atoms with Crippen molar-refractivity contribution in [2.24, 2.45) is 0 Å². The molecule has 6 heteroatoms. The summed E-state index contributed by atoms with van der Waals surface area (Å²) in [5, 5.41) is 8.80. The van der Waals surface area contributed by atoms with E-state index in [-0.39, 0.29) is 17.0 Å². The van der Waals surface area contributed by atoms with E-state index in [1.54, 1.807) is 24.3 Å². The molecule has 0 atom stereocenters. The Labute approximate surface area is 145 Å². The van der Waals surface area contributed by atoms with Crippen LogP contribution in [0.1, 0.15) is 25.0 Å². The van der Waals surface area contributed by atoms with Crippen LogP contribution in [0.4, 0.5) is 9.18 Å². The van der Waals surface area contributed by atoms with Crippen LogP contribution in [0.5, 0.6) is 5.75 Å². The highest BCUT2D eigenvalue weighted by Crippen LogP contribution is 2.26. The Morgan fingerprint density at radius 3 is 2.38 bits per heavy atom. The second kappa shape index (κ2) is 7.93. The lowest BCUT2D eigenvalue weighted by Gasteiger charge is -2.19. The summed E-state index contributed by atoms with van der Waals surface area (Å²) in [5.41, 5.74) is 0.345. The zero-order chi connectivity index (χ0) is 17.7. The highest BCUT2D eigenvalue weighted by Gasteiger charge is 2.20. The summed E-state index contributed by atoms with van der Waals surface area (Å²) in [6, 6.07) is 10.6. The molecule has 2 aromatic carbocycles. The van der Waals surface area contributed by atoms with Crippen molar-refractivity contribution in [3.05, 3.63) is 64.4 Å². The molecule has 0 spiro atoms. The first-order valence-corrected chi connectivity index (χ1v) is 7.95. The van der Waals surface area contributed by atoms with Gasteiger partial charge < -0.3 is 9.64 Å². The molecule has 4 nitrogen and oxygen atoms in total. The molecule has 24 heavy (non-hydrogen) atoms. The lowest BCUT2D eigenvalue weighted by atomic mass is 10.0. The van der Waals surface area contributed by atoms with Gasteiger partial charge in [0, 0.05) is 23.7 Å². The second-order valence-corrected chi connectivity index (χ2v) is 5.47. The Kier molecular flexibility index (Phi) is 5.93. The van der Waals surface area contributed by atoms with E-state index in [1.165, 1.54) is 23.1 Å². The quantitative estimate of drug-likeness (QED) is 0.794. The monoisotopic (exact) mass is 348 g/mol. The van der Waals surface area contributed by atoms with E-state index in [2.05, 4.69) is 0 Å². The average molecular weight is 349 g/mol. The van der Waals surface area contributed by atoms with Gasteiger partial charge in [0.15, 0.2) is 0 Å². The van der Waals surface area contributed by atoms with E-state index in [0.29, 0.717) is 23.7 Å². The summed E-state index contributed by atoms with van der Waals surface area (Å²) < 4.78 is 19.6. The Balaban J connectivity index is 2.38. The van der Waals surface area contributed by atoms with Crippen LogP contribution >= 0.6 is 11.6 Å². The molecule has 0 fully saturated rings. The van der Waals surface area contributed by atoms with E-state index in [0.717, 1.165) is 0 Å². The van der Waals surface area contributed by atoms with Gasteiger partial charge in [0.2, 0.25) is 0 Å². The molecule has 0 bridgehead atoms. The van der Waals surface area contributed by atoms with Gasteiger partial charge in [0.1, 0.15) is 11.6 Å². The predicted molar refractivity (Wildman–Crippen MR) is 92.7 cm³/mol. The Morgan fingerprint density at radius 2 is 1.79 bits per heavy atom. The van der Waals surface area contributed by atoms with Gasteiger partial charge in [-0.25, -0.2) is 9.18 Å². The minimum atomic E-state index is -0.625. The van der Waals surface area contributed by atoms with Gasteiger partial charge in [-0.15, -0.1) is 0 Å². The minimum absolute atomic E-state index is 0.0202. The van der Waals surface area contributed by atoms with Crippen LogP contribution in [0.15, 0.2) is 42.5 Å². The van der Waals surface area contributed by atoms with Crippen molar-refractivity contribution in [1.29, 1.82) is 5.41 Å². The van der Waals surface area contributed by atoms with Gasteiger partial charge in [-0.3, -0.25) is 5.41 Å². The fourth-order valence-electron chi connectivity index (χ4n) is 2.23. The third-order valence-corrected chi connectivity index (χ3v) is 3.83. The number of amides is 1. The third-order valence-electron chi connectivity index (χ3n) is 3.58. The largest absolute Gasteiger partial charge is 0.415 e. The minimum Gasteiger partial charge on any atom is -0.409 e. The predicted octanol–water partition coefficient (Wildman–Crippen LogP) is 4.74. The average Bonchev–Trinajstić information content (AvgIpc) is 2.56. The third kappa shape index (κ3) is 3.92. The summed E-state index contributed by atoms with van der Waals surface area (Å²) in [4.78, 5) is 13.6. The first-order valence-electron chi connectivity index (χ1n) is 7.58. The molecule has 0 aliphatic rings. The first-order chi connectivity index (χ1) is 11.5. The summed E-state index contributed by atoms with van der Waals surface area (Å²) in [6.45, 7) is 4.61. The van der Waals surface area contributed by atoms with E-state index in [1.807, 2.05) is 13.8 Å². The number of hydrogen-bond acceptors (Lipinski definition) is 3. The molecule has 0 radical (unpaired) electrons. The molecule has 0 heterocycles. The van der Waals surface area contributed by atoms with Crippen molar-refractivity contribution >= 4 is 23.4 Å². The van der Waals surface area contributed by atoms with Gasteiger partial charge in [-0.1, -0.05) is 29.8 Å². The van der Waals surface area contributed by atoms with Crippen molar-refractivity contribution in [2.45, 2.75) is 13.8 Å². The van der Waals surface area contributed by atoms with E-state index >= 15 is 0 Å². The summed E-state index contributed by atoms with van der Waals surface area (Å²) in [6.07, 6.45) is -0.573. The van der Waals surface area contributed by atoms with Crippen LogP contribution in [-0.2, 0) is 0 Å². The van der Waals surface area contributed by atoms with Crippen LogP contribution in [0, 0.1) is 11.2 Å². The smallest absolute Gasteiger partial charge is 0.409 e. The molecule has 2 aromatic rings. The van der Waals surface area contributed by atoms with Gasteiger partial charge in [0.25, 0.3) is 0 Å². The molecule has 0 saturated carbocycles. The maximum atomic E-state index is 14.3. The maximum Gasteiger partial charge on any atom is 0.415 e. The topological polar surface area (TPSA) is 53.4 Å². The maximum absolute atomic E-state index is 14.3. The number of carbonyl (C=O) groups excluding carboxylic acids is 1. The first kappa shape index (κ1) is 17.9. The van der Waals surface area contributed by atoms with E-state index in [9.17, 15) is 9.18 Å². The number of carbonyl (C=O) groups is 1. The number of hydrogen-bond donors (Lipinski definition) is 1. The van der Waals surface area contributed by atoms with Crippen LogP contribution in [0.3, 0.4) is 0 Å². The molecular formula is C18H18ClFN2O2. The normalized spacial score (nSPS) is 10.3. The molecule has 126 valence electrons. The molecular weight excluding hydrogens is 331 g/mol. The highest BCUT2D eigenvalue weighted by atomic mass is 35.5. The molecule has 2 rings (SSSR count). The van der Waals surface area contributed by atoms with Gasteiger partial charge >= 0.3 is 6.09 Å². The van der Waals surface area contributed by atoms with Gasteiger partial charge in [-0.05, 0) is 38.1 Å². The number of halogens is 2. The molecule has 0 aliphatic heterocycles. The Hall–Kier alpha value is -2.40. The summed E-state index contributed by atoms with van der Waals surface area (Å²) in [5.74, 6) is -0.605. The van der Waals surface area contributed by atoms with Crippen molar-refractivity contribution in [1.82, 2.24) is 4.90 Å². The lowest BCUT2D eigenvalue weighted by molar-refractivity contribution is 0.157. The van der Waals surface area contributed by atoms with E-state index < -0.39 is 11.9 Å². The van der Waals surface area contributed by atoms with Gasteiger partial charge in [0.05, 0.1) is 11.3 Å². The molecule has 0 unspecified atom stereocenters. The summed E-state index contributed by atoms with van der Waals surface area (Å²) in [7, 11) is 0. The number of nitrogens with one attached hydrogen (secondary N) is 1. The second-order valence-electron chi connectivity index (χ2n) is 5.04. The fraction of sp³-hybridized carbons (Fsp3) is 0.222. The van der Waals surface area contributed by atoms with Crippen molar-refractivity contribution in [3.8, 4) is 5.75 Å². The summed E-state index contributed by atoms with van der Waals surface area (Å²) >= 11 is 5.84. The highest BCUT2D eigenvalue weighted by molar-refractivity contribution is 6.30. The fourth-order valence-corrected chi connectivity index (χ4v) is 2.36. The zero-order valence-electron chi connectivity index (χ0n) is 13.5. The van der Waals surface area contributed by atoms with Crippen LogP contribution in [0.2, 0.25) is 5.02 Å². The van der Waals surface area contributed by atoms with Crippen molar-refractivity contribution in [3.63, 3.8) is 0 Å². The molecule has 0 saturated heterocycles. The zero-order valence-corrected chi connectivity index (χ0v) is 14.2. The number of nitrogens with zero attached hydrogens (tertiary/aromatic N) is 1. The Bertz CT molecular complexity index is 743. The molecule has 1 N–H and O–H groups in total. The Morgan fingerprint density at radius 1 is 1.17 bits per heavy atom. The SMILES string of the molecule is CCN(CC)C(=O)Oc1cccc(F)c1C(=N)c1ccc(Cl)cc1. The van der Waals surface area contributed by atoms with Gasteiger partial charge in [-0.2, -0.15) is 0 Å². The van der Waals surface area contributed by atoms with Crippen molar-refractivity contribution in [2.75, 3.05) is 13.1 Å². The lowest BCUT2D eigenvalue weighted by Crippen LogP contribution is -2.33. The number of benzene rings is 2. The molecule has 0 aromatic heterocycles. The van der Waals surface area contributed by atoms with Crippen LogP contribution in [0.25, 0.3) is 0 Å². The van der Waals surface area contributed by atoms with Crippen molar-refractivity contribution < 1.29 is 13.9 Å². The molecule has 1 amide bonds. The number of ether oxygens (including phenoxy) is 1. The van der Waals surface area contributed by atoms with Crippen LogP contribution < -0.4 is 4.74 Å². The molecule has 0 aliphatic carbocycles. The van der Waals surface area contributed by atoms with E-state index in [4.69, 9.17) is 21.7 Å². The van der Waals surface area contributed by atoms with Crippen LogP contribution in [-0.4, -0.2) is 29.8 Å². The standard InChI is InChI=1S/C18H18ClFN2O2/c1-3-22(4-2)18(23)24-15-7-5-6-14(20)16(15)17(21)12-8-10-13(19)11-9-12/h5-11,21H,3-4H2,1-2H3.